The second-order valence-electron chi connectivity index (χ2n) is 3.39. The van der Waals surface area contributed by atoms with Crippen molar-refractivity contribution in [2.45, 2.75) is 38.1 Å². The Bertz CT molecular complexity index is 93.4. The lowest BCUT2D eigenvalue weighted by Crippen LogP contribution is -2.42. The summed E-state index contributed by atoms with van der Waals surface area (Å²) in [5.74, 6) is 1.06. The molecule has 2 rings (SSSR count). The number of fused-ring (bicyclic) bond motifs is 1. The van der Waals surface area contributed by atoms with Crippen LogP contribution in [-0.2, 0) is 0 Å². The zero-order valence-electron chi connectivity index (χ0n) is 6.31. The SMILES string of the molecule is C1CC[C@@H]2CC[C@@H]2NC1.Cl. The summed E-state index contributed by atoms with van der Waals surface area (Å²) in [6.07, 6.45) is 7.32. The number of nitrogens with one attached hydrogen (secondary N) is 1. The van der Waals surface area contributed by atoms with Crippen molar-refractivity contribution in [3.8, 4) is 0 Å². The molecule has 1 aliphatic heterocycles. The zero-order valence-corrected chi connectivity index (χ0v) is 7.12. The van der Waals surface area contributed by atoms with E-state index >= 15 is 0 Å². The molecule has 10 heavy (non-hydrogen) atoms. The molecule has 1 saturated carbocycles. The lowest BCUT2D eigenvalue weighted by Gasteiger charge is -2.35. The summed E-state index contributed by atoms with van der Waals surface area (Å²) < 4.78 is 0. The van der Waals surface area contributed by atoms with Crippen molar-refractivity contribution in [1.29, 1.82) is 0 Å². The molecule has 1 saturated heterocycles. The summed E-state index contributed by atoms with van der Waals surface area (Å²) in [5.41, 5.74) is 0. The van der Waals surface area contributed by atoms with Gasteiger partial charge in [0.15, 0.2) is 0 Å². The molecule has 1 nitrogen and oxygen atoms in total. The summed E-state index contributed by atoms with van der Waals surface area (Å²) >= 11 is 0. The lowest BCUT2D eigenvalue weighted by atomic mass is 9.77. The van der Waals surface area contributed by atoms with Crippen LogP contribution in [0.5, 0.6) is 0 Å². The number of halogens is 1. The smallest absolute Gasteiger partial charge is 0.00954 e. The normalized spacial score (nSPS) is 38.4. The molecular weight excluding hydrogens is 146 g/mol. The topological polar surface area (TPSA) is 12.0 Å². The van der Waals surface area contributed by atoms with Crippen molar-refractivity contribution < 1.29 is 0 Å². The van der Waals surface area contributed by atoms with Gasteiger partial charge in [0.1, 0.15) is 0 Å². The fraction of sp³-hybridized carbons (Fsp3) is 1.00. The van der Waals surface area contributed by atoms with Crippen LogP contribution in [0.1, 0.15) is 32.1 Å². The summed E-state index contributed by atoms with van der Waals surface area (Å²) in [6, 6.07) is 0.924. The monoisotopic (exact) mass is 161 g/mol. The van der Waals surface area contributed by atoms with Gasteiger partial charge in [-0.15, -0.1) is 12.4 Å². The first-order valence-electron chi connectivity index (χ1n) is 4.20. The molecule has 2 aliphatic rings. The molecule has 0 aromatic rings. The summed E-state index contributed by atoms with van der Waals surface area (Å²) in [5, 5.41) is 3.58. The largest absolute Gasteiger partial charge is 0.314 e. The Morgan fingerprint density at radius 2 is 1.90 bits per heavy atom. The predicted molar refractivity (Wildman–Crippen MR) is 45.6 cm³/mol. The first-order chi connectivity index (χ1) is 4.47. The zero-order chi connectivity index (χ0) is 6.10. The fourth-order valence-electron chi connectivity index (χ4n) is 2.00. The molecule has 2 heteroatoms. The van der Waals surface area contributed by atoms with Crippen molar-refractivity contribution in [2.24, 2.45) is 5.92 Å². The number of rotatable bonds is 0. The molecule has 0 bridgehead atoms. The Labute approximate surface area is 69.0 Å². The molecule has 1 heterocycles. The van der Waals surface area contributed by atoms with E-state index in [0.717, 1.165) is 12.0 Å². The molecule has 1 aliphatic carbocycles. The minimum atomic E-state index is 0. The van der Waals surface area contributed by atoms with Crippen molar-refractivity contribution in [3.63, 3.8) is 0 Å². The molecule has 1 N–H and O–H groups in total. The van der Waals surface area contributed by atoms with Crippen LogP contribution in [0.4, 0.5) is 0 Å². The Kier molecular flexibility index (Phi) is 2.99. The molecule has 0 spiro atoms. The van der Waals surface area contributed by atoms with Gasteiger partial charge < -0.3 is 5.32 Å². The maximum atomic E-state index is 3.58. The van der Waals surface area contributed by atoms with Gasteiger partial charge in [0, 0.05) is 6.04 Å². The third kappa shape index (κ3) is 1.46. The van der Waals surface area contributed by atoms with E-state index in [1.807, 2.05) is 0 Å². The van der Waals surface area contributed by atoms with Crippen molar-refractivity contribution in [1.82, 2.24) is 5.32 Å². The second-order valence-corrected chi connectivity index (χ2v) is 3.39. The van der Waals surface area contributed by atoms with Gasteiger partial charge in [-0.05, 0) is 38.1 Å². The highest BCUT2D eigenvalue weighted by atomic mass is 35.5. The van der Waals surface area contributed by atoms with Gasteiger partial charge in [0.05, 0.1) is 0 Å². The number of hydrogen-bond donors (Lipinski definition) is 1. The van der Waals surface area contributed by atoms with Crippen molar-refractivity contribution in [2.75, 3.05) is 6.54 Å². The molecule has 0 aromatic carbocycles. The first-order valence-corrected chi connectivity index (χ1v) is 4.20. The first kappa shape index (κ1) is 8.35. The van der Waals surface area contributed by atoms with E-state index in [2.05, 4.69) is 5.32 Å². The van der Waals surface area contributed by atoms with Crippen LogP contribution >= 0.6 is 12.4 Å². The van der Waals surface area contributed by atoms with E-state index in [0.29, 0.717) is 0 Å². The predicted octanol–water partition coefficient (Wildman–Crippen LogP) is 1.96. The van der Waals surface area contributed by atoms with Gasteiger partial charge in [0.2, 0.25) is 0 Å². The third-order valence-corrected chi connectivity index (χ3v) is 2.83. The average Bonchev–Trinajstić information content (AvgIpc) is 1.94. The maximum Gasteiger partial charge on any atom is 0.00954 e. The average molecular weight is 162 g/mol. The van der Waals surface area contributed by atoms with Gasteiger partial charge in [-0.2, -0.15) is 0 Å². The van der Waals surface area contributed by atoms with E-state index in [-0.39, 0.29) is 12.4 Å². The van der Waals surface area contributed by atoms with Crippen LogP contribution in [0.15, 0.2) is 0 Å². The summed E-state index contributed by atoms with van der Waals surface area (Å²) in [7, 11) is 0. The van der Waals surface area contributed by atoms with Crippen molar-refractivity contribution in [3.05, 3.63) is 0 Å². The standard InChI is InChI=1S/C8H15N.ClH/c1-2-6-9-8-5-4-7(8)3-1;/h7-9H,1-6H2;1H/t7-,8+;/m1./s1. The Morgan fingerprint density at radius 3 is 2.60 bits per heavy atom. The Hall–Kier alpha value is 0.250. The Balaban J connectivity index is 0.000000500. The molecule has 0 aromatic heterocycles. The quantitative estimate of drug-likeness (QED) is 0.573. The van der Waals surface area contributed by atoms with E-state index in [1.54, 1.807) is 0 Å². The van der Waals surface area contributed by atoms with Crippen LogP contribution in [0.2, 0.25) is 0 Å². The lowest BCUT2D eigenvalue weighted by molar-refractivity contribution is 0.215. The molecule has 0 unspecified atom stereocenters. The van der Waals surface area contributed by atoms with E-state index in [9.17, 15) is 0 Å². The van der Waals surface area contributed by atoms with Crippen LogP contribution in [-0.4, -0.2) is 12.6 Å². The maximum absolute atomic E-state index is 3.58. The van der Waals surface area contributed by atoms with Gasteiger partial charge >= 0.3 is 0 Å². The van der Waals surface area contributed by atoms with Gasteiger partial charge in [-0.25, -0.2) is 0 Å². The molecule has 60 valence electrons. The number of hydrogen-bond acceptors (Lipinski definition) is 1. The van der Waals surface area contributed by atoms with Crippen LogP contribution in [0, 0.1) is 5.92 Å². The third-order valence-electron chi connectivity index (χ3n) is 2.83. The van der Waals surface area contributed by atoms with Gasteiger partial charge in [-0.1, -0.05) is 6.42 Å². The minimum Gasteiger partial charge on any atom is -0.314 e. The molecule has 2 fully saturated rings. The Morgan fingerprint density at radius 1 is 1.00 bits per heavy atom. The molecule has 0 radical (unpaired) electrons. The highest BCUT2D eigenvalue weighted by Crippen LogP contribution is 2.33. The van der Waals surface area contributed by atoms with E-state index in [4.69, 9.17) is 0 Å². The summed E-state index contributed by atoms with van der Waals surface area (Å²) in [6.45, 7) is 1.28. The van der Waals surface area contributed by atoms with Crippen LogP contribution < -0.4 is 5.32 Å². The van der Waals surface area contributed by atoms with E-state index < -0.39 is 0 Å². The van der Waals surface area contributed by atoms with E-state index in [1.165, 1.54) is 38.6 Å². The van der Waals surface area contributed by atoms with Crippen LogP contribution in [0.3, 0.4) is 0 Å². The second kappa shape index (κ2) is 3.59. The molecular formula is C8H16ClN. The molecule has 0 amide bonds. The summed E-state index contributed by atoms with van der Waals surface area (Å²) in [4.78, 5) is 0. The fourth-order valence-corrected chi connectivity index (χ4v) is 2.00. The van der Waals surface area contributed by atoms with Gasteiger partial charge in [-0.3, -0.25) is 0 Å². The van der Waals surface area contributed by atoms with Gasteiger partial charge in [0.25, 0.3) is 0 Å². The highest BCUT2D eigenvalue weighted by Gasteiger charge is 2.30. The highest BCUT2D eigenvalue weighted by molar-refractivity contribution is 5.85. The molecule has 2 atom stereocenters. The van der Waals surface area contributed by atoms with Crippen LogP contribution in [0.25, 0.3) is 0 Å². The minimum absolute atomic E-state index is 0. The van der Waals surface area contributed by atoms with Crippen molar-refractivity contribution >= 4 is 12.4 Å².